The first-order valence-corrected chi connectivity index (χ1v) is 10.1. The predicted octanol–water partition coefficient (Wildman–Crippen LogP) is 2.93. The fraction of sp³-hybridized carbons (Fsp3) is 0.800. The molecule has 1 spiro atoms. The molecule has 0 N–H and O–H groups in total. The van der Waals surface area contributed by atoms with E-state index < -0.39 is 0 Å². The molecular formula is C20H32N4O. The zero-order chi connectivity index (χ0) is 17.3. The summed E-state index contributed by atoms with van der Waals surface area (Å²) in [6.07, 6.45) is 12.6. The normalized spacial score (nSPS) is 28.8. The van der Waals surface area contributed by atoms with Crippen LogP contribution in [0.2, 0.25) is 0 Å². The highest BCUT2D eigenvalue weighted by Gasteiger charge is 2.43. The van der Waals surface area contributed by atoms with E-state index in [1.165, 1.54) is 64.6 Å². The van der Waals surface area contributed by atoms with Gasteiger partial charge in [-0.3, -0.25) is 9.48 Å². The van der Waals surface area contributed by atoms with E-state index in [1.54, 1.807) is 10.9 Å². The van der Waals surface area contributed by atoms with E-state index >= 15 is 0 Å². The standard InChI is InChI=1S/C20H32N4O/c1-22-18(8-11-21-22)19(25)24-13-10-20(16-24)9-5-12-23(15-20)14-17-6-3-2-4-7-17/h8,11,17H,2-7,9-10,12-16H2,1H3. The van der Waals surface area contributed by atoms with Crippen molar-refractivity contribution in [2.75, 3.05) is 32.7 Å². The molecule has 5 nitrogen and oxygen atoms in total. The van der Waals surface area contributed by atoms with Crippen LogP contribution in [0.5, 0.6) is 0 Å². The van der Waals surface area contributed by atoms with Gasteiger partial charge < -0.3 is 9.80 Å². The summed E-state index contributed by atoms with van der Waals surface area (Å²) in [5.41, 5.74) is 1.05. The van der Waals surface area contributed by atoms with E-state index in [9.17, 15) is 4.79 Å². The van der Waals surface area contributed by atoms with Crippen LogP contribution in [0.4, 0.5) is 0 Å². The maximum Gasteiger partial charge on any atom is 0.272 e. The van der Waals surface area contributed by atoms with Gasteiger partial charge in [-0.1, -0.05) is 19.3 Å². The van der Waals surface area contributed by atoms with Crippen molar-refractivity contribution in [2.45, 2.75) is 51.4 Å². The van der Waals surface area contributed by atoms with Gasteiger partial charge in [0.15, 0.2) is 0 Å². The molecule has 3 aliphatic rings. The van der Waals surface area contributed by atoms with Gasteiger partial charge in [0.25, 0.3) is 5.91 Å². The lowest BCUT2D eigenvalue weighted by atomic mass is 9.78. The highest BCUT2D eigenvalue weighted by atomic mass is 16.2. The number of likely N-dealkylation sites (tertiary alicyclic amines) is 2. The Hall–Kier alpha value is -1.36. The highest BCUT2D eigenvalue weighted by Crippen LogP contribution is 2.40. The van der Waals surface area contributed by atoms with E-state index in [1.807, 2.05) is 13.1 Å². The summed E-state index contributed by atoms with van der Waals surface area (Å²) < 4.78 is 1.70. The van der Waals surface area contributed by atoms with Gasteiger partial charge in [-0.25, -0.2) is 0 Å². The molecule has 1 aliphatic carbocycles. The molecule has 1 amide bonds. The minimum atomic E-state index is 0.154. The van der Waals surface area contributed by atoms with Crippen LogP contribution in [0.15, 0.2) is 12.3 Å². The number of hydrogen-bond donors (Lipinski definition) is 0. The van der Waals surface area contributed by atoms with Crippen molar-refractivity contribution < 1.29 is 4.79 Å². The molecule has 1 saturated carbocycles. The Morgan fingerprint density at radius 1 is 1.16 bits per heavy atom. The Morgan fingerprint density at radius 3 is 2.76 bits per heavy atom. The number of carbonyl (C=O) groups excluding carboxylic acids is 1. The summed E-state index contributed by atoms with van der Waals surface area (Å²) >= 11 is 0. The van der Waals surface area contributed by atoms with Gasteiger partial charge in [0.2, 0.25) is 0 Å². The lowest BCUT2D eigenvalue weighted by Gasteiger charge is -2.42. The monoisotopic (exact) mass is 344 g/mol. The van der Waals surface area contributed by atoms with Gasteiger partial charge in [-0.05, 0) is 50.6 Å². The van der Waals surface area contributed by atoms with Gasteiger partial charge in [-0.15, -0.1) is 0 Å². The third kappa shape index (κ3) is 3.62. The third-order valence-electron chi connectivity index (χ3n) is 6.75. The van der Waals surface area contributed by atoms with Gasteiger partial charge >= 0.3 is 0 Å². The minimum Gasteiger partial charge on any atom is -0.337 e. The maximum atomic E-state index is 12.8. The number of piperidine rings is 1. The molecule has 1 aromatic rings. The van der Waals surface area contributed by atoms with Gasteiger partial charge in [0.1, 0.15) is 5.69 Å². The lowest BCUT2D eigenvalue weighted by molar-refractivity contribution is 0.0624. The van der Waals surface area contributed by atoms with Crippen molar-refractivity contribution in [1.29, 1.82) is 0 Å². The molecule has 3 fully saturated rings. The number of aromatic nitrogens is 2. The first-order valence-electron chi connectivity index (χ1n) is 10.1. The van der Waals surface area contributed by atoms with E-state index in [2.05, 4.69) is 14.9 Å². The first-order chi connectivity index (χ1) is 12.2. The fourth-order valence-corrected chi connectivity index (χ4v) is 5.39. The SMILES string of the molecule is Cn1nccc1C(=O)N1CCC2(CCCN(CC3CCCCC3)C2)C1. The first kappa shape index (κ1) is 17.1. The molecule has 0 bridgehead atoms. The van der Waals surface area contributed by atoms with Crippen LogP contribution in [-0.4, -0.2) is 58.2 Å². The Labute approximate surface area is 151 Å². The summed E-state index contributed by atoms with van der Waals surface area (Å²) in [4.78, 5) is 17.6. The Morgan fingerprint density at radius 2 is 2.00 bits per heavy atom. The molecule has 138 valence electrons. The Bertz CT molecular complexity index is 607. The van der Waals surface area contributed by atoms with E-state index in [4.69, 9.17) is 0 Å². The van der Waals surface area contributed by atoms with Crippen molar-refractivity contribution in [2.24, 2.45) is 18.4 Å². The number of nitrogens with zero attached hydrogens (tertiary/aromatic N) is 4. The topological polar surface area (TPSA) is 41.4 Å². The van der Waals surface area contributed by atoms with Crippen molar-refractivity contribution >= 4 is 5.91 Å². The van der Waals surface area contributed by atoms with Crippen molar-refractivity contribution in [3.05, 3.63) is 18.0 Å². The summed E-state index contributed by atoms with van der Waals surface area (Å²) in [7, 11) is 1.85. The molecule has 1 unspecified atom stereocenters. The molecule has 0 radical (unpaired) electrons. The van der Waals surface area contributed by atoms with Crippen LogP contribution in [0, 0.1) is 11.3 Å². The second-order valence-electron chi connectivity index (χ2n) is 8.66. The van der Waals surface area contributed by atoms with Crippen molar-refractivity contribution in [1.82, 2.24) is 19.6 Å². The summed E-state index contributed by atoms with van der Waals surface area (Å²) in [5.74, 6) is 1.07. The summed E-state index contributed by atoms with van der Waals surface area (Å²) in [5, 5.41) is 4.15. The zero-order valence-electron chi connectivity index (χ0n) is 15.6. The Kier molecular flexibility index (Phi) is 4.85. The molecule has 0 aromatic carbocycles. The van der Waals surface area contributed by atoms with E-state index in [-0.39, 0.29) is 5.91 Å². The summed E-state index contributed by atoms with van der Waals surface area (Å²) in [6, 6.07) is 1.84. The minimum absolute atomic E-state index is 0.154. The molecule has 25 heavy (non-hydrogen) atoms. The second kappa shape index (κ2) is 7.10. The fourth-order valence-electron chi connectivity index (χ4n) is 5.39. The third-order valence-corrected chi connectivity index (χ3v) is 6.75. The van der Waals surface area contributed by atoms with Crippen LogP contribution in [0.25, 0.3) is 0 Å². The number of hydrogen-bond acceptors (Lipinski definition) is 3. The van der Waals surface area contributed by atoms with Crippen LogP contribution in [0.1, 0.15) is 61.9 Å². The molecule has 2 aliphatic heterocycles. The van der Waals surface area contributed by atoms with Crippen LogP contribution < -0.4 is 0 Å². The summed E-state index contributed by atoms with van der Waals surface area (Å²) in [6.45, 7) is 5.57. The predicted molar refractivity (Wildman–Crippen MR) is 98.4 cm³/mol. The molecule has 1 atom stereocenters. The molecule has 4 rings (SSSR count). The quantitative estimate of drug-likeness (QED) is 0.846. The highest BCUT2D eigenvalue weighted by molar-refractivity contribution is 5.92. The number of aryl methyl sites for hydroxylation is 1. The molecule has 1 aromatic heterocycles. The zero-order valence-corrected chi connectivity index (χ0v) is 15.6. The van der Waals surface area contributed by atoms with Crippen LogP contribution in [0.3, 0.4) is 0 Å². The Balaban J connectivity index is 1.37. The van der Waals surface area contributed by atoms with E-state index in [0.717, 1.165) is 25.4 Å². The number of rotatable bonds is 3. The van der Waals surface area contributed by atoms with Gasteiger partial charge in [0, 0.05) is 44.8 Å². The van der Waals surface area contributed by atoms with Gasteiger partial charge in [-0.2, -0.15) is 5.10 Å². The smallest absolute Gasteiger partial charge is 0.272 e. The molecule has 5 heteroatoms. The van der Waals surface area contributed by atoms with Crippen LogP contribution >= 0.6 is 0 Å². The average Bonchev–Trinajstić information content (AvgIpc) is 3.22. The van der Waals surface area contributed by atoms with Crippen molar-refractivity contribution in [3.63, 3.8) is 0 Å². The maximum absolute atomic E-state index is 12.8. The average molecular weight is 345 g/mol. The lowest BCUT2D eigenvalue weighted by Crippen LogP contribution is -2.47. The number of carbonyl (C=O) groups is 1. The molecule has 2 saturated heterocycles. The number of amides is 1. The largest absolute Gasteiger partial charge is 0.337 e. The van der Waals surface area contributed by atoms with Crippen molar-refractivity contribution in [3.8, 4) is 0 Å². The second-order valence-corrected chi connectivity index (χ2v) is 8.66. The van der Waals surface area contributed by atoms with Gasteiger partial charge in [0.05, 0.1) is 0 Å². The van der Waals surface area contributed by atoms with E-state index in [0.29, 0.717) is 11.1 Å². The molecule has 3 heterocycles. The van der Waals surface area contributed by atoms with Crippen LogP contribution in [-0.2, 0) is 7.05 Å². The molecular weight excluding hydrogens is 312 g/mol.